The minimum Gasteiger partial charge on any atom is -0.398 e. The third-order valence-electron chi connectivity index (χ3n) is 2.52. The molecule has 0 aliphatic rings. The molecule has 2 rings (SSSR count). The fourth-order valence-corrected chi connectivity index (χ4v) is 3.32. The van der Waals surface area contributed by atoms with E-state index in [9.17, 15) is 4.79 Å². The predicted octanol–water partition coefficient (Wildman–Crippen LogP) is 5.35. The molecule has 0 bridgehead atoms. The molecular weight excluding hydrogens is 431 g/mol. The van der Waals surface area contributed by atoms with Gasteiger partial charge in [0.2, 0.25) is 0 Å². The molecule has 2 aromatic rings. The Balaban J connectivity index is 2.36. The fourth-order valence-electron chi connectivity index (χ4n) is 1.57. The molecule has 0 radical (unpaired) electrons. The normalized spacial score (nSPS) is 10.4. The Bertz CT molecular complexity index is 669. The van der Waals surface area contributed by atoms with Gasteiger partial charge in [-0.2, -0.15) is 0 Å². The molecule has 0 aliphatic carbocycles. The summed E-state index contributed by atoms with van der Waals surface area (Å²) in [6.07, 6.45) is 0. The molecule has 0 aromatic heterocycles. The highest BCUT2D eigenvalue weighted by Crippen LogP contribution is 2.34. The zero-order chi connectivity index (χ0) is 14.9. The maximum atomic E-state index is 12.3. The first kappa shape index (κ1) is 15.6. The molecule has 0 fully saturated rings. The van der Waals surface area contributed by atoms with Crippen LogP contribution < -0.4 is 11.1 Å². The van der Waals surface area contributed by atoms with Crippen molar-refractivity contribution in [2.75, 3.05) is 11.1 Å². The zero-order valence-electron chi connectivity index (χ0n) is 9.88. The van der Waals surface area contributed by atoms with Gasteiger partial charge in [-0.05, 0) is 40.2 Å². The number of nitrogens with one attached hydrogen (secondary N) is 1. The number of benzene rings is 2. The van der Waals surface area contributed by atoms with Crippen LogP contribution in [0.3, 0.4) is 0 Å². The molecule has 2 aromatic carbocycles. The summed E-state index contributed by atoms with van der Waals surface area (Å²) in [6, 6.07) is 8.34. The molecule has 0 atom stereocenters. The zero-order valence-corrected chi connectivity index (χ0v) is 14.6. The molecule has 0 aliphatic heterocycles. The summed E-state index contributed by atoms with van der Waals surface area (Å²) in [5, 5.41) is 3.37. The Morgan fingerprint density at radius 1 is 1.15 bits per heavy atom. The third kappa shape index (κ3) is 3.28. The highest BCUT2D eigenvalue weighted by atomic mass is 79.9. The van der Waals surface area contributed by atoms with E-state index in [4.69, 9.17) is 28.9 Å². The SMILES string of the molecule is Nc1cccc(C(=O)Nc2c(Cl)cc(Br)cc2Cl)c1Br. The lowest BCUT2D eigenvalue weighted by molar-refractivity contribution is 0.102. The fraction of sp³-hybridized carbons (Fsp3) is 0. The van der Waals surface area contributed by atoms with Crippen molar-refractivity contribution >= 4 is 72.3 Å². The average Bonchev–Trinajstić information content (AvgIpc) is 2.36. The van der Waals surface area contributed by atoms with E-state index >= 15 is 0 Å². The van der Waals surface area contributed by atoms with Gasteiger partial charge in [0.05, 0.1) is 25.8 Å². The molecule has 0 unspecified atom stereocenters. The number of hydrogen-bond acceptors (Lipinski definition) is 2. The van der Waals surface area contributed by atoms with Gasteiger partial charge in [0.1, 0.15) is 0 Å². The second-order valence-corrected chi connectivity index (χ2v) is 6.43. The van der Waals surface area contributed by atoms with Crippen LogP contribution in [0.5, 0.6) is 0 Å². The number of amides is 1. The van der Waals surface area contributed by atoms with Crippen molar-refractivity contribution in [1.82, 2.24) is 0 Å². The Labute approximate surface area is 142 Å². The standard InChI is InChI=1S/C13H8Br2Cl2N2O/c14-6-4-8(16)12(9(17)5-6)19-13(20)7-2-1-3-10(18)11(7)15/h1-5H,18H2,(H,19,20). The van der Waals surface area contributed by atoms with E-state index in [-0.39, 0.29) is 5.91 Å². The minimum atomic E-state index is -0.352. The molecule has 0 heterocycles. The Kier molecular flexibility index (Phi) is 4.96. The van der Waals surface area contributed by atoms with E-state index in [1.807, 2.05) is 0 Å². The number of carbonyl (C=O) groups is 1. The number of rotatable bonds is 2. The van der Waals surface area contributed by atoms with Crippen molar-refractivity contribution in [1.29, 1.82) is 0 Å². The quantitative estimate of drug-likeness (QED) is 0.621. The lowest BCUT2D eigenvalue weighted by Gasteiger charge is -2.11. The average molecular weight is 439 g/mol. The second-order valence-electron chi connectivity index (χ2n) is 3.91. The van der Waals surface area contributed by atoms with Crippen LogP contribution in [0.2, 0.25) is 10.0 Å². The van der Waals surface area contributed by atoms with Crippen LogP contribution in [0.1, 0.15) is 10.4 Å². The highest BCUT2D eigenvalue weighted by Gasteiger charge is 2.15. The van der Waals surface area contributed by atoms with Gasteiger partial charge in [-0.1, -0.05) is 45.2 Å². The van der Waals surface area contributed by atoms with Crippen molar-refractivity contribution in [3.8, 4) is 0 Å². The van der Waals surface area contributed by atoms with E-state index in [1.54, 1.807) is 30.3 Å². The monoisotopic (exact) mass is 436 g/mol. The van der Waals surface area contributed by atoms with Gasteiger partial charge < -0.3 is 11.1 Å². The molecule has 3 N–H and O–H groups in total. The number of hydrogen-bond donors (Lipinski definition) is 2. The molecular formula is C13H8Br2Cl2N2O. The Morgan fingerprint density at radius 3 is 2.35 bits per heavy atom. The smallest absolute Gasteiger partial charge is 0.256 e. The summed E-state index contributed by atoms with van der Waals surface area (Å²) >= 11 is 18.7. The molecule has 1 amide bonds. The van der Waals surface area contributed by atoms with E-state index in [1.165, 1.54) is 0 Å². The maximum absolute atomic E-state index is 12.3. The Morgan fingerprint density at radius 2 is 1.75 bits per heavy atom. The molecule has 3 nitrogen and oxygen atoms in total. The summed E-state index contributed by atoms with van der Waals surface area (Å²) in [6.45, 7) is 0. The summed E-state index contributed by atoms with van der Waals surface area (Å²) in [5.41, 5.74) is 6.98. The van der Waals surface area contributed by atoms with Crippen LogP contribution in [0.25, 0.3) is 0 Å². The topological polar surface area (TPSA) is 55.1 Å². The van der Waals surface area contributed by atoms with Crippen molar-refractivity contribution in [3.63, 3.8) is 0 Å². The number of nitrogen functional groups attached to an aromatic ring is 1. The van der Waals surface area contributed by atoms with Gasteiger partial charge in [-0.15, -0.1) is 0 Å². The van der Waals surface area contributed by atoms with E-state index < -0.39 is 0 Å². The van der Waals surface area contributed by atoms with Gasteiger partial charge in [0.25, 0.3) is 5.91 Å². The van der Waals surface area contributed by atoms with Crippen LogP contribution in [-0.4, -0.2) is 5.91 Å². The largest absolute Gasteiger partial charge is 0.398 e. The number of carbonyl (C=O) groups excluding carboxylic acids is 1. The van der Waals surface area contributed by atoms with Crippen LogP contribution in [0.4, 0.5) is 11.4 Å². The highest BCUT2D eigenvalue weighted by molar-refractivity contribution is 9.11. The lowest BCUT2D eigenvalue weighted by atomic mass is 10.2. The van der Waals surface area contributed by atoms with Crippen LogP contribution in [0, 0.1) is 0 Å². The second kappa shape index (κ2) is 6.35. The van der Waals surface area contributed by atoms with Gasteiger partial charge >= 0.3 is 0 Å². The molecule has 0 saturated heterocycles. The Hall–Kier alpha value is -0.750. The minimum absolute atomic E-state index is 0.345. The number of anilines is 2. The van der Waals surface area contributed by atoms with Gasteiger partial charge in [-0.3, -0.25) is 4.79 Å². The van der Waals surface area contributed by atoms with E-state index in [0.717, 1.165) is 4.47 Å². The van der Waals surface area contributed by atoms with Crippen LogP contribution >= 0.6 is 55.1 Å². The van der Waals surface area contributed by atoms with Crippen molar-refractivity contribution in [2.45, 2.75) is 0 Å². The number of nitrogens with two attached hydrogens (primary N) is 1. The van der Waals surface area contributed by atoms with Crippen molar-refractivity contribution in [3.05, 3.63) is 54.9 Å². The van der Waals surface area contributed by atoms with Crippen LogP contribution in [-0.2, 0) is 0 Å². The summed E-state index contributed by atoms with van der Waals surface area (Å²) in [4.78, 5) is 12.3. The predicted molar refractivity (Wildman–Crippen MR) is 90.7 cm³/mol. The first-order valence-corrected chi connectivity index (χ1v) is 7.74. The lowest BCUT2D eigenvalue weighted by Crippen LogP contribution is -2.14. The van der Waals surface area contributed by atoms with Gasteiger partial charge in [-0.25, -0.2) is 0 Å². The van der Waals surface area contributed by atoms with Crippen LogP contribution in [0.15, 0.2) is 39.3 Å². The van der Waals surface area contributed by atoms with E-state index in [0.29, 0.717) is 31.5 Å². The summed E-state index contributed by atoms with van der Waals surface area (Å²) in [7, 11) is 0. The summed E-state index contributed by atoms with van der Waals surface area (Å²) < 4.78 is 1.26. The number of halogens is 4. The van der Waals surface area contributed by atoms with Crippen molar-refractivity contribution < 1.29 is 4.79 Å². The first-order chi connectivity index (χ1) is 9.40. The maximum Gasteiger partial charge on any atom is 0.256 e. The van der Waals surface area contributed by atoms with Gasteiger partial charge in [0, 0.05) is 10.2 Å². The van der Waals surface area contributed by atoms with Gasteiger partial charge in [0.15, 0.2) is 0 Å². The third-order valence-corrected chi connectivity index (χ3v) is 4.46. The molecule has 0 saturated carbocycles. The molecule has 20 heavy (non-hydrogen) atoms. The molecule has 7 heteroatoms. The molecule has 0 spiro atoms. The summed E-state index contributed by atoms with van der Waals surface area (Å²) in [5.74, 6) is -0.352. The molecule has 104 valence electrons. The first-order valence-electron chi connectivity index (χ1n) is 5.40. The van der Waals surface area contributed by atoms with E-state index in [2.05, 4.69) is 37.2 Å². The van der Waals surface area contributed by atoms with Crippen molar-refractivity contribution in [2.24, 2.45) is 0 Å².